The summed E-state index contributed by atoms with van der Waals surface area (Å²) in [5.41, 5.74) is 4.93. The van der Waals surface area contributed by atoms with Gasteiger partial charge in [0.15, 0.2) is 0 Å². The number of ether oxygens (including phenoxy) is 1. The van der Waals surface area contributed by atoms with Gasteiger partial charge < -0.3 is 14.6 Å². The zero-order valence-corrected chi connectivity index (χ0v) is 16.4. The van der Waals surface area contributed by atoms with Gasteiger partial charge in [-0.25, -0.2) is 4.98 Å². The second-order valence-electron chi connectivity index (χ2n) is 7.95. The monoisotopic (exact) mass is 375 g/mol. The Bertz CT molecular complexity index is 1050. The molecule has 2 heterocycles. The molecule has 0 radical (unpaired) electrons. The van der Waals surface area contributed by atoms with Crippen LogP contribution < -0.4 is 9.64 Å². The molecule has 2 aromatic carbocycles. The smallest absolute Gasteiger partial charge is 0.237 e. The Morgan fingerprint density at radius 3 is 2.64 bits per heavy atom. The third kappa shape index (κ3) is 2.53. The van der Waals surface area contributed by atoms with Crippen LogP contribution in [0, 0.1) is 0 Å². The lowest BCUT2D eigenvalue weighted by atomic mass is 9.97. The first kappa shape index (κ1) is 17.3. The average Bonchev–Trinajstić information content (AvgIpc) is 3.38. The van der Waals surface area contributed by atoms with Gasteiger partial charge in [0.25, 0.3) is 0 Å². The van der Waals surface area contributed by atoms with Crippen LogP contribution in [-0.2, 0) is 10.2 Å². The standard InChI is InChI=1S/C23H25N3O2/c1-3-4-5-12-26-20-14-19-18(13-17(20)23(10-11-23)22(26)27)24-21(25-19)15-6-8-16(28-2)9-7-15/h6-9,13-14H,3-5,10-12H2,1-2H3,(H,24,25). The van der Waals surface area contributed by atoms with Crippen molar-refractivity contribution in [2.75, 3.05) is 18.6 Å². The first-order valence-corrected chi connectivity index (χ1v) is 10.2. The van der Waals surface area contributed by atoms with E-state index in [1.165, 1.54) is 5.56 Å². The zero-order valence-electron chi connectivity index (χ0n) is 16.4. The number of aromatic nitrogens is 2. The Morgan fingerprint density at radius 2 is 1.96 bits per heavy atom. The fourth-order valence-electron chi connectivity index (χ4n) is 4.37. The normalized spacial score (nSPS) is 16.8. The number of nitrogens with zero attached hydrogens (tertiary/aromatic N) is 2. The number of imidazole rings is 1. The quantitative estimate of drug-likeness (QED) is 0.629. The van der Waals surface area contributed by atoms with Crippen LogP contribution in [0.2, 0.25) is 0 Å². The second kappa shape index (κ2) is 6.36. The van der Waals surface area contributed by atoms with Gasteiger partial charge in [-0.15, -0.1) is 0 Å². The van der Waals surface area contributed by atoms with E-state index in [-0.39, 0.29) is 5.41 Å². The molecule has 1 saturated carbocycles. The maximum atomic E-state index is 13.1. The summed E-state index contributed by atoms with van der Waals surface area (Å²) in [5.74, 6) is 1.97. The summed E-state index contributed by atoms with van der Waals surface area (Å²) in [6.45, 7) is 3.00. The molecule has 3 aromatic rings. The molecule has 5 nitrogen and oxygen atoms in total. The van der Waals surface area contributed by atoms with Crippen molar-refractivity contribution in [3.8, 4) is 17.1 Å². The van der Waals surface area contributed by atoms with Gasteiger partial charge in [-0.3, -0.25) is 4.79 Å². The molecule has 0 atom stereocenters. The number of fused-ring (bicyclic) bond motifs is 3. The highest BCUT2D eigenvalue weighted by atomic mass is 16.5. The molecule has 1 spiro atoms. The van der Waals surface area contributed by atoms with E-state index >= 15 is 0 Å². The summed E-state index contributed by atoms with van der Waals surface area (Å²) in [5, 5.41) is 0. The predicted molar refractivity (Wildman–Crippen MR) is 111 cm³/mol. The summed E-state index contributed by atoms with van der Waals surface area (Å²) in [7, 11) is 1.67. The van der Waals surface area contributed by atoms with E-state index in [1.807, 2.05) is 29.2 Å². The van der Waals surface area contributed by atoms with Gasteiger partial charge in [0, 0.05) is 12.1 Å². The maximum Gasteiger partial charge on any atom is 0.237 e. The Balaban J connectivity index is 1.54. The number of anilines is 1. The molecule has 1 aromatic heterocycles. The molecule has 1 N–H and O–H groups in total. The van der Waals surface area contributed by atoms with Gasteiger partial charge in [-0.1, -0.05) is 19.8 Å². The van der Waals surface area contributed by atoms with Crippen LogP contribution in [0.5, 0.6) is 5.75 Å². The molecular formula is C23H25N3O2. The third-order valence-corrected chi connectivity index (χ3v) is 6.16. The minimum absolute atomic E-state index is 0.263. The van der Waals surface area contributed by atoms with E-state index in [4.69, 9.17) is 9.72 Å². The first-order valence-electron chi connectivity index (χ1n) is 10.2. The van der Waals surface area contributed by atoms with E-state index < -0.39 is 0 Å². The lowest BCUT2D eigenvalue weighted by Gasteiger charge is -2.17. The molecule has 28 heavy (non-hydrogen) atoms. The SMILES string of the molecule is CCCCCN1C(=O)C2(CC2)c2cc3[nH]c(-c4ccc(OC)cc4)nc3cc21. The van der Waals surface area contributed by atoms with Gasteiger partial charge in [0.05, 0.1) is 29.2 Å². The second-order valence-corrected chi connectivity index (χ2v) is 7.95. The molecule has 5 heteroatoms. The molecular weight excluding hydrogens is 350 g/mol. The van der Waals surface area contributed by atoms with Gasteiger partial charge in [0.2, 0.25) is 5.91 Å². The number of hydrogen-bond acceptors (Lipinski definition) is 3. The van der Waals surface area contributed by atoms with E-state index in [2.05, 4.69) is 24.0 Å². The van der Waals surface area contributed by atoms with E-state index in [0.29, 0.717) is 5.91 Å². The first-order chi connectivity index (χ1) is 13.7. The number of nitrogens with one attached hydrogen (secondary N) is 1. The number of carbonyl (C=O) groups is 1. The van der Waals surface area contributed by atoms with Gasteiger partial charge >= 0.3 is 0 Å². The molecule has 0 unspecified atom stereocenters. The third-order valence-electron chi connectivity index (χ3n) is 6.16. The molecule has 5 rings (SSSR count). The number of amides is 1. The Morgan fingerprint density at radius 1 is 1.18 bits per heavy atom. The fourth-order valence-corrected chi connectivity index (χ4v) is 4.37. The number of unbranched alkanes of at least 4 members (excludes halogenated alkanes) is 2. The van der Waals surface area contributed by atoms with Gasteiger partial charge in [0.1, 0.15) is 11.6 Å². The highest BCUT2D eigenvalue weighted by Crippen LogP contribution is 2.58. The Hall–Kier alpha value is -2.82. The van der Waals surface area contributed by atoms with Crippen molar-refractivity contribution >= 4 is 22.6 Å². The van der Waals surface area contributed by atoms with Crippen molar-refractivity contribution in [3.63, 3.8) is 0 Å². The minimum atomic E-state index is -0.263. The summed E-state index contributed by atoms with van der Waals surface area (Å²) in [6, 6.07) is 12.2. The van der Waals surface area contributed by atoms with E-state index in [1.54, 1.807) is 7.11 Å². The van der Waals surface area contributed by atoms with Crippen molar-refractivity contribution < 1.29 is 9.53 Å². The molecule has 1 fully saturated rings. The molecule has 0 saturated heterocycles. The molecule has 1 aliphatic carbocycles. The van der Waals surface area contributed by atoms with Crippen LogP contribution in [0.25, 0.3) is 22.4 Å². The van der Waals surface area contributed by atoms with E-state index in [9.17, 15) is 4.79 Å². The number of methoxy groups -OCH3 is 1. The van der Waals surface area contributed by atoms with Crippen LogP contribution >= 0.6 is 0 Å². The predicted octanol–water partition coefficient (Wildman–Crippen LogP) is 4.81. The van der Waals surface area contributed by atoms with E-state index in [0.717, 1.165) is 72.5 Å². The lowest BCUT2D eigenvalue weighted by molar-refractivity contribution is -0.120. The number of aromatic amines is 1. The summed E-state index contributed by atoms with van der Waals surface area (Å²) >= 11 is 0. The van der Waals surface area contributed by atoms with Crippen LogP contribution in [0.15, 0.2) is 36.4 Å². The van der Waals surface area contributed by atoms with Crippen LogP contribution in [-0.4, -0.2) is 29.5 Å². The fraction of sp³-hybridized carbons (Fsp3) is 0.391. The molecule has 1 amide bonds. The van der Waals surface area contributed by atoms with Crippen molar-refractivity contribution in [1.29, 1.82) is 0 Å². The number of benzene rings is 2. The van der Waals surface area contributed by atoms with Crippen LogP contribution in [0.1, 0.15) is 44.6 Å². The number of rotatable bonds is 6. The highest BCUT2D eigenvalue weighted by Gasteiger charge is 2.59. The molecule has 0 bridgehead atoms. The topological polar surface area (TPSA) is 58.2 Å². The zero-order chi connectivity index (χ0) is 19.3. The number of H-pyrrole nitrogens is 1. The molecule has 144 valence electrons. The van der Waals surface area contributed by atoms with Gasteiger partial charge in [-0.05, 0) is 61.2 Å². The van der Waals surface area contributed by atoms with Crippen molar-refractivity contribution in [1.82, 2.24) is 9.97 Å². The average molecular weight is 375 g/mol. The van der Waals surface area contributed by atoms with Crippen molar-refractivity contribution in [3.05, 3.63) is 42.0 Å². The summed E-state index contributed by atoms with van der Waals surface area (Å²) in [6.07, 6.45) is 5.29. The summed E-state index contributed by atoms with van der Waals surface area (Å²) in [4.78, 5) is 23.3. The molecule has 2 aliphatic rings. The van der Waals surface area contributed by atoms with Crippen molar-refractivity contribution in [2.45, 2.75) is 44.4 Å². The molecule has 1 aliphatic heterocycles. The minimum Gasteiger partial charge on any atom is -0.497 e. The largest absolute Gasteiger partial charge is 0.497 e. The van der Waals surface area contributed by atoms with Crippen LogP contribution in [0.3, 0.4) is 0 Å². The van der Waals surface area contributed by atoms with Gasteiger partial charge in [-0.2, -0.15) is 0 Å². The Labute approximate surface area is 164 Å². The summed E-state index contributed by atoms with van der Waals surface area (Å²) < 4.78 is 5.24. The Kier molecular flexibility index (Phi) is 3.93. The highest BCUT2D eigenvalue weighted by molar-refractivity contribution is 6.11. The van der Waals surface area contributed by atoms with Crippen molar-refractivity contribution in [2.24, 2.45) is 0 Å². The van der Waals surface area contributed by atoms with Crippen LogP contribution in [0.4, 0.5) is 5.69 Å². The maximum absolute atomic E-state index is 13.1. The number of carbonyl (C=O) groups excluding carboxylic acids is 1. The number of hydrogen-bond donors (Lipinski definition) is 1. The lowest BCUT2D eigenvalue weighted by Crippen LogP contribution is -2.32.